The first-order chi connectivity index (χ1) is 16.3. The summed E-state index contributed by atoms with van der Waals surface area (Å²) in [6.45, 7) is 0.592. The van der Waals surface area contributed by atoms with E-state index in [0.717, 1.165) is 17.3 Å². The van der Waals surface area contributed by atoms with E-state index >= 15 is 0 Å². The maximum atomic E-state index is 13.1. The predicted molar refractivity (Wildman–Crippen MR) is 115 cm³/mol. The lowest BCUT2D eigenvalue weighted by molar-refractivity contribution is -0.153. The van der Waals surface area contributed by atoms with Crippen LogP contribution in [0.5, 0.6) is 5.75 Å². The fraction of sp³-hybridized carbons (Fsp3) is 0.391. The number of nitrogens with zero attached hydrogens (tertiary/aromatic N) is 2. The van der Waals surface area contributed by atoms with Gasteiger partial charge in [-0.3, -0.25) is 9.59 Å². The molecule has 1 heterocycles. The quantitative estimate of drug-likeness (QED) is 0.611. The topological polar surface area (TPSA) is 75.9 Å². The lowest BCUT2D eigenvalue weighted by atomic mass is 10.0. The number of amides is 2. The number of para-hydroxylation sites is 1. The third kappa shape index (κ3) is 6.58. The number of nitrogens with two attached hydrogens (primary N) is 1. The van der Waals surface area contributed by atoms with Crippen LogP contribution in [0.4, 0.5) is 32.0 Å². The zero-order valence-corrected chi connectivity index (χ0v) is 18.6. The van der Waals surface area contributed by atoms with Crippen LogP contribution in [0.3, 0.4) is 0 Å². The van der Waals surface area contributed by atoms with E-state index in [1.54, 1.807) is 0 Å². The van der Waals surface area contributed by atoms with Gasteiger partial charge in [-0.1, -0.05) is 24.3 Å². The number of primary amides is 1. The molecule has 2 amide bonds. The number of carbonyl (C=O) groups is 2. The van der Waals surface area contributed by atoms with Crippen molar-refractivity contribution in [1.29, 1.82) is 0 Å². The molecule has 190 valence electrons. The van der Waals surface area contributed by atoms with Crippen LogP contribution in [0, 0.1) is 6.92 Å². The molecular formula is C23H23F6N3O3. The molecule has 0 radical (unpaired) electrons. The number of ether oxygens (including phenoxy) is 1. The highest BCUT2D eigenvalue weighted by atomic mass is 19.4. The van der Waals surface area contributed by atoms with Crippen molar-refractivity contribution < 1.29 is 40.7 Å². The van der Waals surface area contributed by atoms with Crippen molar-refractivity contribution in [3.63, 3.8) is 0 Å². The Kier molecular flexibility index (Phi) is 7.51. The molecule has 35 heavy (non-hydrogen) atoms. The second kappa shape index (κ2) is 10.0. The van der Waals surface area contributed by atoms with Crippen molar-refractivity contribution in [1.82, 2.24) is 4.90 Å². The molecule has 1 saturated heterocycles. The van der Waals surface area contributed by atoms with Crippen LogP contribution in [0.2, 0.25) is 0 Å². The Bertz CT molecular complexity index is 1090. The van der Waals surface area contributed by atoms with Crippen molar-refractivity contribution in [3.8, 4) is 5.75 Å². The largest absolute Gasteiger partial charge is 0.484 e. The number of piperazine rings is 1. The van der Waals surface area contributed by atoms with Gasteiger partial charge in [0.15, 0.2) is 6.61 Å². The van der Waals surface area contributed by atoms with Crippen molar-refractivity contribution in [3.05, 3.63) is 59.2 Å². The lowest BCUT2D eigenvalue weighted by Gasteiger charge is -2.41. The van der Waals surface area contributed by atoms with Crippen molar-refractivity contribution >= 4 is 17.5 Å². The van der Waals surface area contributed by atoms with Gasteiger partial charge >= 0.3 is 12.4 Å². The van der Waals surface area contributed by atoms with Crippen LogP contribution in [-0.4, -0.2) is 55.2 Å². The summed E-state index contributed by atoms with van der Waals surface area (Å²) in [7, 11) is 0. The molecule has 0 spiro atoms. The van der Waals surface area contributed by atoms with Crippen LogP contribution in [0.25, 0.3) is 0 Å². The molecule has 1 fully saturated rings. The Hall–Kier alpha value is -3.44. The van der Waals surface area contributed by atoms with E-state index in [9.17, 15) is 35.9 Å². The fourth-order valence-electron chi connectivity index (χ4n) is 3.90. The summed E-state index contributed by atoms with van der Waals surface area (Å²) in [5.74, 6) is -2.16. The van der Waals surface area contributed by atoms with Crippen molar-refractivity contribution in [2.45, 2.75) is 31.7 Å². The van der Waals surface area contributed by atoms with Gasteiger partial charge in [-0.15, -0.1) is 0 Å². The number of benzene rings is 2. The van der Waals surface area contributed by atoms with Gasteiger partial charge in [0.2, 0.25) is 11.8 Å². The van der Waals surface area contributed by atoms with E-state index < -0.39 is 54.5 Å². The minimum absolute atomic E-state index is 0.0835. The molecular weight excluding hydrogens is 480 g/mol. The first-order valence-corrected chi connectivity index (χ1v) is 10.6. The summed E-state index contributed by atoms with van der Waals surface area (Å²) in [5, 5.41) is 0. The highest BCUT2D eigenvalue weighted by Crippen LogP contribution is 2.34. The number of rotatable bonds is 6. The first-order valence-electron chi connectivity index (χ1n) is 10.6. The number of aryl methyl sites for hydroxylation is 1. The molecule has 2 N–H and O–H groups in total. The third-order valence-electron chi connectivity index (χ3n) is 5.61. The maximum Gasteiger partial charge on any atom is 0.422 e. The summed E-state index contributed by atoms with van der Waals surface area (Å²) in [4.78, 5) is 28.3. The Morgan fingerprint density at radius 1 is 1.06 bits per heavy atom. The number of alkyl halides is 6. The van der Waals surface area contributed by atoms with Crippen LogP contribution >= 0.6 is 0 Å². The molecule has 1 unspecified atom stereocenters. The SMILES string of the molecule is Cc1ccccc1N1CCN(C(=O)Cc2ccc(C(F)(F)F)cc2OCC(F)(F)F)C(C(N)=O)C1. The first kappa shape index (κ1) is 26.2. The number of carbonyl (C=O) groups excluding carboxylic acids is 2. The van der Waals surface area contributed by atoms with Crippen molar-refractivity contribution in [2.75, 3.05) is 31.1 Å². The normalized spacial score (nSPS) is 16.8. The van der Waals surface area contributed by atoms with Gasteiger partial charge in [0.1, 0.15) is 11.8 Å². The highest BCUT2D eigenvalue weighted by Gasteiger charge is 2.36. The molecule has 0 aromatic heterocycles. The van der Waals surface area contributed by atoms with Gasteiger partial charge in [-0.05, 0) is 30.7 Å². The van der Waals surface area contributed by atoms with Gasteiger partial charge in [0.05, 0.1) is 12.0 Å². The molecule has 0 bridgehead atoms. The Labute approximate surface area is 197 Å². The van der Waals surface area contributed by atoms with E-state index in [2.05, 4.69) is 4.74 Å². The van der Waals surface area contributed by atoms with Gasteiger partial charge in [0, 0.05) is 30.9 Å². The zero-order chi connectivity index (χ0) is 26.0. The predicted octanol–water partition coefficient (Wildman–Crippen LogP) is 3.70. The summed E-state index contributed by atoms with van der Waals surface area (Å²) in [6.07, 6.45) is -10.2. The molecule has 1 atom stereocenters. The summed E-state index contributed by atoms with van der Waals surface area (Å²) in [6, 6.07) is 8.37. The average molecular weight is 503 g/mol. The minimum atomic E-state index is -4.82. The summed E-state index contributed by atoms with van der Waals surface area (Å²) < 4.78 is 81.7. The number of anilines is 1. The summed E-state index contributed by atoms with van der Waals surface area (Å²) >= 11 is 0. The molecule has 12 heteroatoms. The van der Waals surface area contributed by atoms with E-state index in [0.29, 0.717) is 18.7 Å². The van der Waals surface area contributed by atoms with Crippen LogP contribution in [-0.2, 0) is 22.2 Å². The Morgan fingerprint density at radius 3 is 2.34 bits per heavy atom. The van der Waals surface area contributed by atoms with Crippen LogP contribution in [0.1, 0.15) is 16.7 Å². The third-order valence-corrected chi connectivity index (χ3v) is 5.61. The van der Waals surface area contributed by atoms with Gasteiger partial charge in [-0.2, -0.15) is 26.3 Å². The number of hydrogen-bond donors (Lipinski definition) is 1. The maximum absolute atomic E-state index is 13.1. The smallest absolute Gasteiger partial charge is 0.422 e. The van der Waals surface area contributed by atoms with Gasteiger partial charge in [0.25, 0.3) is 0 Å². The number of hydrogen-bond acceptors (Lipinski definition) is 4. The average Bonchev–Trinajstić information content (AvgIpc) is 2.77. The summed E-state index contributed by atoms with van der Waals surface area (Å²) in [5.41, 5.74) is 5.95. The Morgan fingerprint density at radius 2 is 1.74 bits per heavy atom. The monoisotopic (exact) mass is 503 g/mol. The molecule has 2 aromatic carbocycles. The zero-order valence-electron chi connectivity index (χ0n) is 18.6. The second-order valence-electron chi connectivity index (χ2n) is 8.14. The standard InChI is InChI=1S/C23H23F6N3O3/c1-14-4-2-3-5-17(14)31-8-9-32(18(12-31)21(30)34)20(33)10-15-6-7-16(23(27,28)29)11-19(15)35-13-22(24,25)26/h2-7,11,18H,8-10,12-13H2,1H3,(H2,30,34). The molecule has 0 aliphatic carbocycles. The lowest BCUT2D eigenvalue weighted by Crippen LogP contribution is -2.60. The second-order valence-corrected chi connectivity index (χ2v) is 8.14. The van der Waals surface area contributed by atoms with Crippen molar-refractivity contribution in [2.24, 2.45) is 5.73 Å². The molecule has 1 aliphatic rings. The molecule has 6 nitrogen and oxygen atoms in total. The Balaban J connectivity index is 1.82. The molecule has 3 rings (SSSR count). The van der Waals surface area contributed by atoms with E-state index in [4.69, 9.17) is 5.73 Å². The minimum Gasteiger partial charge on any atom is -0.484 e. The van der Waals surface area contributed by atoms with E-state index in [1.807, 2.05) is 36.1 Å². The molecule has 0 saturated carbocycles. The van der Waals surface area contributed by atoms with Crippen LogP contribution in [0.15, 0.2) is 42.5 Å². The molecule has 2 aromatic rings. The molecule has 1 aliphatic heterocycles. The highest BCUT2D eigenvalue weighted by molar-refractivity contribution is 5.89. The number of halogens is 6. The fourth-order valence-corrected chi connectivity index (χ4v) is 3.90. The van der Waals surface area contributed by atoms with Gasteiger partial charge < -0.3 is 20.3 Å². The van der Waals surface area contributed by atoms with Gasteiger partial charge in [-0.25, -0.2) is 0 Å². The van der Waals surface area contributed by atoms with E-state index in [1.165, 1.54) is 4.90 Å². The van der Waals surface area contributed by atoms with Crippen LogP contribution < -0.4 is 15.4 Å². The van der Waals surface area contributed by atoms with E-state index in [-0.39, 0.29) is 18.7 Å².